The fraction of sp³-hybridized carbons (Fsp3) is 0.278. The molecule has 1 aromatic heterocycles. The van der Waals surface area contributed by atoms with E-state index in [1.165, 1.54) is 24.3 Å². The number of hydrogen-bond donors (Lipinski definition) is 3. The van der Waals surface area contributed by atoms with Crippen molar-refractivity contribution < 1.29 is 22.7 Å². The SMILES string of the molecule is Cc1cccc(NC(=O)CCNC(N)=NCc2ccc(OC(F)(F)F)cc2)n1.I. The fourth-order valence-electron chi connectivity index (χ4n) is 2.15. The third-order valence-electron chi connectivity index (χ3n) is 3.40. The van der Waals surface area contributed by atoms with Gasteiger partial charge in [-0.3, -0.25) is 4.79 Å². The van der Waals surface area contributed by atoms with Crippen LogP contribution in [0.2, 0.25) is 0 Å². The second-order valence-corrected chi connectivity index (χ2v) is 5.78. The molecule has 1 aromatic carbocycles. The minimum atomic E-state index is -4.73. The molecule has 0 aliphatic heterocycles. The van der Waals surface area contributed by atoms with E-state index < -0.39 is 6.36 Å². The van der Waals surface area contributed by atoms with Crippen molar-refractivity contribution in [3.8, 4) is 5.75 Å². The number of nitrogens with two attached hydrogens (primary N) is 1. The van der Waals surface area contributed by atoms with Gasteiger partial charge in [-0.1, -0.05) is 18.2 Å². The Morgan fingerprint density at radius 3 is 2.52 bits per heavy atom. The fourth-order valence-corrected chi connectivity index (χ4v) is 2.15. The summed E-state index contributed by atoms with van der Waals surface area (Å²) in [4.78, 5) is 20.1. The number of guanidine groups is 1. The molecule has 11 heteroatoms. The van der Waals surface area contributed by atoms with Crippen LogP contribution < -0.4 is 21.1 Å². The molecule has 1 heterocycles. The van der Waals surface area contributed by atoms with Gasteiger partial charge in [-0.05, 0) is 36.8 Å². The molecule has 0 spiro atoms. The van der Waals surface area contributed by atoms with Crippen LogP contribution in [-0.2, 0) is 11.3 Å². The summed E-state index contributed by atoms with van der Waals surface area (Å²) in [6, 6.07) is 10.6. The number of hydrogen-bond acceptors (Lipinski definition) is 4. The third-order valence-corrected chi connectivity index (χ3v) is 3.40. The highest BCUT2D eigenvalue weighted by molar-refractivity contribution is 14.0. The monoisotopic (exact) mass is 523 g/mol. The van der Waals surface area contributed by atoms with Crippen molar-refractivity contribution >= 4 is 41.7 Å². The molecule has 29 heavy (non-hydrogen) atoms. The van der Waals surface area contributed by atoms with Crippen LogP contribution in [0.1, 0.15) is 17.7 Å². The number of ether oxygens (including phenoxy) is 1. The predicted molar refractivity (Wildman–Crippen MR) is 114 cm³/mol. The summed E-state index contributed by atoms with van der Waals surface area (Å²) in [6.45, 7) is 2.27. The molecule has 0 atom stereocenters. The lowest BCUT2D eigenvalue weighted by Gasteiger charge is -2.09. The standard InChI is InChI=1S/C18H20F3N5O2.HI/c1-12-3-2-4-15(25-12)26-16(27)9-10-23-17(22)24-11-13-5-7-14(8-6-13)28-18(19,20)21;/h2-8H,9-11H2,1H3,(H3,22,23,24)(H,25,26,27);1H. The van der Waals surface area contributed by atoms with Gasteiger partial charge in [0.1, 0.15) is 11.6 Å². The number of aliphatic imine (C=N–C) groups is 1. The number of alkyl halides is 3. The Balaban J connectivity index is 0.00000420. The van der Waals surface area contributed by atoms with E-state index in [2.05, 4.69) is 25.3 Å². The maximum Gasteiger partial charge on any atom is 0.573 e. The Kier molecular flexibility index (Phi) is 9.65. The van der Waals surface area contributed by atoms with Gasteiger partial charge in [-0.15, -0.1) is 37.1 Å². The van der Waals surface area contributed by atoms with Crippen LogP contribution in [0.5, 0.6) is 5.75 Å². The van der Waals surface area contributed by atoms with Gasteiger partial charge in [0.05, 0.1) is 6.54 Å². The van der Waals surface area contributed by atoms with Crippen LogP contribution in [0.15, 0.2) is 47.5 Å². The molecule has 0 aliphatic carbocycles. The Morgan fingerprint density at radius 1 is 1.21 bits per heavy atom. The number of benzene rings is 1. The topological polar surface area (TPSA) is 102 Å². The molecule has 2 rings (SSSR count). The second kappa shape index (κ2) is 11.4. The molecule has 0 unspecified atom stereocenters. The average molecular weight is 523 g/mol. The van der Waals surface area contributed by atoms with Crippen LogP contribution in [0, 0.1) is 6.92 Å². The first-order valence-electron chi connectivity index (χ1n) is 8.33. The van der Waals surface area contributed by atoms with Crippen molar-refractivity contribution in [2.75, 3.05) is 11.9 Å². The van der Waals surface area contributed by atoms with Crippen molar-refractivity contribution in [3.05, 3.63) is 53.7 Å². The van der Waals surface area contributed by atoms with Gasteiger partial charge < -0.3 is 21.1 Å². The summed E-state index contributed by atoms with van der Waals surface area (Å²) in [7, 11) is 0. The predicted octanol–water partition coefficient (Wildman–Crippen LogP) is 3.34. The maximum absolute atomic E-state index is 12.1. The molecule has 1 amide bonds. The number of pyridine rings is 1. The Labute approximate surface area is 183 Å². The molecule has 4 N–H and O–H groups in total. The molecule has 0 saturated carbocycles. The lowest BCUT2D eigenvalue weighted by Crippen LogP contribution is -2.34. The van der Waals surface area contributed by atoms with Crippen LogP contribution in [0.3, 0.4) is 0 Å². The van der Waals surface area contributed by atoms with Gasteiger partial charge in [0.25, 0.3) is 0 Å². The Bertz CT molecular complexity index is 829. The minimum absolute atomic E-state index is 0. The lowest BCUT2D eigenvalue weighted by molar-refractivity contribution is -0.274. The van der Waals surface area contributed by atoms with Crippen molar-refractivity contribution in [1.29, 1.82) is 0 Å². The van der Waals surface area contributed by atoms with Crippen LogP contribution in [-0.4, -0.2) is 29.8 Å². The highest BCUT2D eigenvalue weighted by atomic mass is 127. The Morgan fingerprint density at radius 2 is 1.90 bits per heavy atom. The number of halogens is 4. The van der Waals surface area contributed by atoms with Gasteiger partial charge in [0.2, 0.25) is 5.91 Å². The van der Waals surface area contributed by atoms with Crippen LogP contribution in [0.4, 0.5) is 19.0 Å². The number of amides is 1. The Hall–Kier alpha value is -2.57. The zero-order chi connectivity index (χ0) is 20.6. The second-order valence-electron chi connectivity index (χ2n) is 5.78. The summed E-state index contributed by atoms with van der Waals surface area (Å²) >= 11 is 0. The van der Waals surface area contributed by atoms with Gasteiger partial charge in [0, 0.05) is 18.7 Å². The first-order valence-corrected chi connectivity index (χ1v) is 8.33. The van der Waals surface area contributed by atoms with Gasteiger partial charge in [-0.2, -0.15) is 0 Å². The number of anilines is 1. The smallest absolute Gasteiger partial charge is 0.406 e. The average Bonchev–Trinajstić information content (AvgIpc) is 2.60. The molecule has 7 nitrogen and oxygen atoms in total. The zero-order valence-electron chi connectivity index (χ0n) is 15.5. The number of nitrogens with zero attached hydrogens (tertiary/aromatic N) is 2. The van der Waals surface area contributed by atoms with E-state index in [0.29, 0.717) is 11.4 Å². The number of aryl methyl sites for hydroxylation is 1. The minimum Gasteiger partial charge on any atom is -0.406 e. The molecule has 0 fully saturated rings. The number of aromatic nitrogens is 1. The lowest BCUT2D eigenvalue weighted by atomic mass is 10.2. The van der Waals surface area contributed by atoms with Crippen molar-refractivity contribution in [1.82, 2.24) is 10.3 Å². The molecule has 158 valence electrons. The van der Waals surface area contributed by atoms with Crippen LogP contribution in [0.25, 0.3) is 0 Å². The highest BCUT2D eigenvalue weighted by Gasteiger charge is 2.30. The van der Waals surface area contributed by atoms with Gasteiger partial charge >= 0.3 is 6.36 Å². The number of nitrogens with one attached hydrogen (secondary N) is 2. The summed E-state index contributed by atoms with van der Waals surface area (Å²) < 4.78 is 40.1. The molecule has 0 aliphatic rings. The van der Waals surface area contributed by atoms with E-state index in [9.17, 15) is 18.0 Å². The largest absolute Gasteiger partial charge is 0.573 e. The maximum atomic E-state index is 12.1. The van der Waals surface area contributed by atoms with E-state index in [4.69, 9.17) is 5.73 Å². The first-order chi connectivity index (χ1) is 13.2. The van der Waals surface area contributed by atoms with E-state index in [1.54, 1.807) is 12.1 Å². The van der Waals surface area contributed by atoms with Gasteiger partial charge in [0.15, 0.2) is 5.96 Å². The normalized spacial score (nSPS) is 11.4. The molecule has 2 aromatic rings. The highest BCUT2D eigenvalue weighted by Crippen LogP contribution is 2.22. The van der Waals surface area contributed by atoms with E-state index >= 15 is 0 Å². The van der Waals surface area contributed by atoms with E-state index in [1.807, 2.05) is 13.0 Å². The van der Waals surface area contributed by atoms with Crippen molar-refractivity contribution in [2.24, 2.45) is 10.7 Å². The first kappa shape index (κ1) is 24.5. The molecular weight excluding hydrogens is 502 g/mol. The van der Waals surface area contributed by atoms with Crippen molar-refractivity contribution in [2.45, 2.75) is 26.3 Å². The summed E-state index contributed by atoms with van der Waals surface area (Å²) in [5.74, 6) is 0.0702. The van der Waals surface area contributed by atoms with E-state index in [-0.39, 0.29) is 61.1 Å². The summed E-state index contributed by atoms with van der Waals surface area (Å²) in [5, 5.41) is 5.47. The zero-order valence-corrected chi connectivity index (χ0v) is 17.8. The van der Waals surface area contributed by atoms with Crippen molar-refractivity contribution in [3.63, 3.8) is 0 Å². The quantitative estimate of drug-likeness (QED) is 0.294. The molecule has 0 radical (unpaired) electrons. The number of carbonyl (C=O) groups is 1. The third kappa shape index (κ3) is 9.96. The molecular formula is C18H21F3IN5O2. The molecule has 0 saturated heterocycles. The molecule has 0 bridgehead atoms. The summed E-state index contributed by atoms with van der Waals surface area (Å²) in [6.07, 6.45) is -4.56. The van der Waals surface area contributed by atoms with Gasteiger partial charge in [-0.25, -0.2) is 9.98 Å². The van der Waals surface area contributed by atoms with E-state index in [0.717, 1.165) is 5.69 Å². The number of carbonyl (C=O) groups excluding carboxylic acids is 1. The number of rotatable bonds is 7. The summed E-state index contributed by atoms with van der Waals surface area (Å²) in [5.41, 5.74) is 7.17. The van der Waals surface area contributed by atoms with Crippen LogP contribution >= 0.6 is 24.0 Å².